The second-order valence-electron chi connectivity index (χ2n) is 6.66. The summed E-state index contributed by atoms with van der Waals surface area (Å²) in [4.78, 5) is 19.9. The summed E-state index contributed by atoms with van der Waals surface area (Å²) in [5.74, 6) is -0.216. The minimum absolute atomic E-state index is 0. The van der Waals surface area contributed by atoms with Crippen LogP contribution in [0.5, 0.6) is 0 Å². The molecule has 4 aromatic rings. The third-order valence-corrected chi connectivity index (χ3v) is 4.87. The van der Waals surface area contributed by atoms with Gasteiger partial charge >= 0.3 is 0 Å². The Morgan fingerprint density at radius 3 is 2.82 bits per heavy atom. The van der Waals surface area contributed by atoms with E-state index in [4.69, 9.17) is 0 Å². The standard InChI is InChI=1S/C20H17N5O2.CH4/c26-11-15-10-25-19(20(27)23-15)9-18(24-25)14-4-6-22-17(8-14)12-1-2-16-13(7-12)3-5-21-16;/h1-9,15,21,26H,10-11H2,(H,23,27);1H4. The van der Waals surface area contributed by atoms with E-state index in [0.29, 0.717) is 17.9 Å². The molecule has 0 radical (unpaired) electrons. The van der Waals surface area contributed by atoms with E-state index < -0.39 is 0 Å². The maximum atomic E-state index is 12.2. The van der Waals surface area contributed by atoms with Crippen LogP contribution in [-0.4, -0.2) is 43.4 Å². The number of rotatable bonds is 3. The van der Waals surface area contributed by atoms with E-state index in [1.54, 1.807) is 16.9 Å². The lowest BCUT2D eigenvalue weighted by Gasteiger charge is -2.22. The van der Waals surface area contributed by atoms with Crippen LogP contribution in [0.3, 0.4) is 0 Å². The molecule has 1 aliphatic rings. The van der Waals surface area contributed by atoms with Gasteiger partial charge in [-0.1, -0.05) is 13.5 Å². The third-order valence-electron chi connectivity index (χ3n) is 4.87. The highest BCUT2D eigenvalue weighted by Crippen LogP contribution is 2.27. The molecule has 7 nitrogen and oxygen atoms in total. The van der Waals surface area contributed by atoms with Crippen molar-refractivity contribution < 1.29 is 9.90 Å². The molecule has 3 aromatic heterocycles. The number of benzene rings is 1. The van der Waals surface area contributed by atoms with Crippen molar-refractivity contribution in [3.8, 4) is 22.5 Å². The molecule has 1 aromatic carbocycles. The predicted octanol–water partition coefficient (Wildman–Crippen LogP) is 2.83. The molecule has 28 heavy (non-hydrogen) atoms. The Balaban J connectivity index is 0.00000192. The topological polar surface area (TPSA) is 95.8 Å². The lowest BCUT2D eigenvalue weighted by atomic mass is 10.1. The van der Waals surface area contributed by atoms with Crippen LogP contribution in [0.1, 0.15) is 17.9 Å². The summed E-state index contributed by atoms with van der Waals surface area (Å²) in [7, 11) is 0. The lowest BCUT2D eigenvalue weighted by Crippen LogP contribution is -2.46. The molecule has 0 saturated carbocycles. The minimum Gasteiger partial charge on any atom is -0.394 e. The van der Waals surface area contributed by atoms with Crippen LogP contribution < -0.4 is 5.32 Å². The quantitative estimate of drug-likeness (QED) is 0.513. The fraction of sp³-hybridized carbons (Fsp3) is 0.190. The maximum absolute atomic E-state index is 12.2. The number of carbonyl (C=O) groups is 1. The molecular formula is C21H21N5O2. The van der Waals surface area contributed by atoms with Gasteiger partial charge in [0.2, 0.25) is 0 Å². The first kappa shape index (κ1) is 17.9. The van der Waals surface area contributed by atoms with Crippen molar-refractivity contribution >= 4 is 16.8 Å². The van der Waals surface area contributed by atoms with E-state index in [9.17, 15) is 9.90 Å². The highest BCUT2D eigenvalue weighted by molar-refractivity contribution is 5.94. The Morgan fingerprint density at radius 1 is 1.11 bits per heavy atom. The zero-order chi connectivity index (χ0) is 18.4. The van der Waals surface area contributed by atoms with Crippen LogP contribution in [-0.2, 0) is 6.54 Å². The van der Waals surface area contributed by atoms with Gasteiger partial charge in [0.1, 0.15) is 5.69 Å². The number of fused-ring (bicyclic) bond motifs is 2. The van der Waals surface area contributed by atoms with Crippen molar-refractivity contribution in [2.75, 3.05) is 6.61 Å². The van der Waals surface area contributed by atoms with Gasteiger partial charge in [0.25, 0.3) is 5.91 Å². The number of aliphatic hydroxyl groups excluding tert-OH is 1. The first-order valence-electron chi connectivity index (χ1n) is 8.75. The van der Waals surface area contributed by atoms with Crippen LogP contribution in [0.4, 0.5) is 0 Å². The Morgan fingerprint density at radius 2 is 1.96 bits per heavy atom. The second-order valence-corrected chi connectivity index (χ2v) is 6.66. The van der Waals surface area contributed by atoms with Crippen molar-refractivity contribution in [3.05, 3.63) is 60.6 Å². The zero-order valence-electron chi connectivity index (χ0n) is 14.4. The first-order valence-corrected chi connectivity index (χ1v) is 8.75. The summed E-state index contributed by atoms with van der Waals surface area (Å²) in [6, 6.07) is 13.5. The monoisotopic (exact) mass is 375 g/mol. The van der Waals surface area contributed by atoms with Gasteiger partial charge in [-0.3, -0.25) is 14.5 Å². The Labute approximate surface area is 162 Å². The van der Waals surface area contributed by atoms with Gasteiger partial charge in [-0.2, -0.15) is 5.10 Å². The van der Waals surface area contributed by atoms with Crippen LogP contribution in [0.2, 0.25) is 0 Å². The number of pyridine rings is 1. The predicted molar refractivity (Wildman–Crippen MR) is 108 cm³/mol. The summed E-state index contributed by atoms with van der Waals surface area (Å²) in [6.07, 6.45) is 3.67. The highest BCUT2D eigenvalue weighted by Gasteiger charge is 2.25. The second kappa shape index (κ2) is 6.94. The average Bonchev–Trinajstić information content (AvgIpc) is 3.34. The number of aliphatic hydroxyl groups is 1. The molecule has 1 unspecified atom stereocenters. The molecule has 0 aliphatic carbocycles. The van der Waals surface area contributed by atoms with Crippen LogP contribution in [0, 0.1) is 0 Å². The molecule has 0 spiro atoms. The number of hydrogen-bond donors (Lipinski definition) is 3. The van der Waals surface area contributed by atoms with E-state index in [0.717, 1.165) is 27.7 Å². The van der Waals surface area contributed by atoms with E-state index >= 15 is 0 Å². The Kier molecular flexibility index (Phi) is 4.44. The molecule has 1 atom stereocenters. The molecule has 0 fully saturated rings. The maximum Gasteiger partial charge on any atom is 0.269 e. The number of hydrogen-bond acceptors (Lipinski definition) is 4. The Hall–Kier alpha value is -3.45. The Bertz CT molecular complexity index is 1160. The smallest absolute Gasteiger partial charge is 0.269 e. The molecular weight excluding hydrogens is 354 g/mol. The van der Waals surface area contributed by atoms with Crippen LogP contribution in [0.25, 0.3) is 33.4 Å². The van der Waals surface area contributed by atoms with Gasteiger partial charge in [0.05, 0.1) is 30.6 Å². The molecule has 1 amide bonds. The number of nitrogens with one attached hydrogen (secondary N) is 2. The van der Waals surface area contributed by atoms with Crippen molar-refractivity contribution in [2.24, 2.45) is 0 Å². The van der Waals surface area contributed by atoms with E-state index in [1.807, 2.05) is 36.5 Å². The summed E-state index contributed by atoms with van der Waals surface area (Å²) >= 11 is 0. The zero-order valence-corrected chi connectivity index (χ0v) is 14.4. The van der Waals surface area contributed by atoms with E-state index in [2.05, 4.69) is 26.4 Å². The fourth-order valence-electron chi connectivity index (χ4n) is 3.46. The molecule has 5 rings (SSSR count). The van der Waals surface area contributed by atoms with Gasteiger partial charge in [-0.05, 0) is 36.4 Å². The summed E-state index contributed by atoms with van der Waals surface area (Å²) in [5.41, 5.74) is 5.06. The van der Waals surface area contributed by atoms with E-state index in [-0.39, 0.29) is 26.0 Å². The molecule has 7 heteroatoms. The molecule has 3 N–H and O–H groups in total. The number of carbonyl (C=O) groups excluding carboxylic acids is 1. The average molecular weight is 375 g/mol. The van der Waals surface area contributed by atoms with E-state index in [1.165, 1.54) is 0 Å². The largest absolute Gasteiger partial charge is 0.394 e. The van der Waals surface area contributed by atoms with Gasteiger partial charge < -0.3 is 15.4 Å². The van der Waals surface area contributed by atoms with Crippen molar-refractivity contribution in [1.29, 1.82) is 0 Å². The fourth-order valence-corrected chi connectivity index (χ4v) is 3.46. The number of amides is 1. The van der Waals surface area contributed by atoms with Gasteiger partial charge in [-0.25, -0.2) is 0 Å². The normalized spacial score (nSPS) is 15.8. The number of nitrogens with zero attached hydrogens (tertiary/aromatic N) is 3. The van der Waals surface area contributed by atoms with Gasteiger partial charge in [0, 0.05) is 34.4 Å². The lowest BCUT2D eigenvalue weighted by molar-refractivity contribution is 0.0863. The molecule has 4 heterocycles. The number of H-pyrrole nitrogens is 1. The SMILES string of the molecule is C.O=C1NC(CO)Cn2nc(-c3ccnc(-c4ccc5[nH]ccc5c4)c3)cc21. The minimum atomic E-state index is -0.307. The van der Waals surface area contributed by atoms with Crippen molar-refractivity contribution in [3.63, 3.8) is 0 Å². The summed E-state index contributed by atoms with van der Waals surface area (Å²) in [6.45, 7) is 0.348. The van der Waals surface area contributed by atoms with Crippen LogP contribution in [0.15, 0.2) is 54.9 Å². The van der Waals surface area contributed by atoms with Gasteiger partial charge in [0.15, 0.2) is 0 Å². The third kappa shape index (κ3) is 2.95. The molecule has 0 bridgehead atoms. The molecule has 0 saturated heterocycles. The highest BCUT2D eigenvalue weighted by atomic mass is 16.3. The summed E-state index contributed by atoms with van der Waals surface area (Å²) < 4.78 is 1.65. The number of aromatic nitrogens is 4. The molecule has 1 aliphatic heterocycles. The van der Waals surface area contributed by atoms with Gasteiger partial charge in [-0.15, -0.1) is 0 Å². The number of aromatic amines is 1. The summed E-state index contributed by atoms with van der Waals surface area (Å²) in [5, 5.41) is 17.8. The van der Waals surface area contributed by atoms with Crippen molar-refractivity contribution in [2.45, 2.75) is 20.0 Å². The first-order chi connectivity index (χ1) is 13.2. The molecule has 142 valence electrons. The van der Waals surface area contributed by atoms with Crippen LogP contribution >= 0.6 is 0 Å². The van der Waals surface area contributed by atoms with Crippen molar-refractivity contribution in [1.82, 2.24) is 25.1 Å².